The Kier molecular flexibility index (Phi) is 8.27. The number of hydrogen-bond donors (Lipinski definition) is 2. The zero-order chi connectivity index (χ0) is 26.4. The van der Waals surface area contributed by atoms with Crippen LogP contribution in [0.1, 0.15) is 28.3 Å². The Morgan fingerprint density at radius 3 is 2.05 bits per heavy atom. The standard InChI is InChI=1S/C23H24N6O6S2/c1-16-12-18(8-10-21(16)32-36-35-34-24)23(19-9-11-22(17(2)13-19)33-37(25,30)31)29(28-14-26-27-15-28)20-6-4-3-5-7-20/h3-15,23H,24H2,1-2H3,(H2,25,30,31). The average molecular weight is 545 g/mol. The summed E-state index contributed by atoms with van der Waals surface area (Å²) < 4.78 is 39.7. The monoisotopic (exact) mass is 544 g/mol. The molecule has 3 aromatic carbocycles. The lowest BCUT2D eigenvalue weighted by atomic mass is 9.94. The molecule has 4 rings (SSSR count). The normalized spacial score (nSPS) is 12.2. The van der Waals surface area contributed by atoms with E-state index in [9.17, 15) is 8.42 Å². The van der Waals surface area contributed by atoms with E-state index in [4.69, 9.17) is 19.4 Å². The van der Waals surface area contributed by atoms with Gasteiger partial charge in [0.2, 0.25) is 0 Å². The van der Waals surface area contributed by atoms with Crippen molar-refractivity contribution in [2.75, 3.05) is 5.01 Å². The fourth-order valence-corrected chi connectivity index (χ4v) is 4.60. The van der Waals surface area contributed by atoms with E-state index in [0.717, 1.165) is 22.4 Å². The summed E-state index contributed by atoms with van der Waals surface area (Å²) in [6, 6.07) is 20.1. The SMILES string of the molecule is Cc1cc(C(c2ccc(OS(N)(=O)=O)c(C)c2)N(c2ccccc2)n2cnnc2)ccc1OSOON. The Morgan fingerprint density at radius 1 is 0.919 bits per heavy atom. The lowest BCUT2D eigenvalue weighted by molar-refractivity contribution is -0.199. The fourth-order valence-electron chi connectivity index (χ4n) is 3.84. The number of rotatable bonds is 11. The summed E-state index contributed by atoms with van der Waals surface area (Å²) in [4.78, 5) is 4.06. The van der Waals surface area contributed by atoms with Gasteiger partial charge in [-0.1, -0.05) is 30.3 Å². The van der Waals surface area contributed by atoms with Crippen molar-refractivity contribution < 1.29 is 26.1 Å². The largest absolute Gasteiger partial charge is 0.398 e. The Morgan fingerprint density at radius 2 is 1.51 bits per heavy atom. The molecule has 0 saturated heterocycles. The van der Waals surface area contributed by atoms with Gasteiger partial charge in [-0.25, -0.2) is 4.68 Å². The number of aromatic nitrogens is 3. The van der Waals surface area contributed by atoms with Crippen molar-refractivity contribution in [3.05, 3.63) is 102 Å². The summed E-state index contributed by atoms with van der Waals surface area (Å²) in [5.74, 6) is 5.55. The van der Waals surface area contributed by atoms with E-state index in [0.29, 0.717) is 23.6 Å². The Hall–Kier alpha value is -3.66. The molecule has 1 aromatic heterocycles. The second kappa shape index (κ2) is 11.6. The highest BCUT2D eigenvalue weighted by Crippen LogP contribution is 2.37. The molecule has 1 unspecified atom stereocenters. The molecule has 1 heterocycles. The lowest BCUT2D eigenvalue weighted by Gasteiger charge is -2.35. The van der Waals surface area contributed by atoms with Gasteiger partial charge in [-0.15, -0.1) is 19.5 Å². The maximum atomic E-state index is 11.5. The number of nitrogens with two attached hydrogens (primary N) is 2. The minimum absolute atomic E-state index is 0.139. The molecule has 12 nitrogen and oxygen atoms in total. The molecule has 0 amide bonds. The minimum Gasteiger partial charge on any atom is -0.398 e. The second-order valence-electron chi connectivity index (χ2n) is 7.87. The van der Waals surface area contributed by atoms with Gasteiger partial charge < -0.3 is 8.37 Å². The van der Waals surface area contributed by atoms with Gasteiger partial charge in [0.25, 0.3) is 12.3 Å². The predicted octanol–water partition coefficient (Wildman–Crippen LogP) is 3.30. The number of nitrogens with zero attached hydrogens (tertiary/aromatic N) is 4. The molecule has 37 heavy (non-hydrogen) atoms. The van der Waals surface area contributed by atoms with Crippen LogP contribution in [0.5, 0.6) is 11.5 Å². The van der Waals surface area contributed by atoms with Gasteiger partial charge in [0.05, 0.1) is 5.69 Å². The quantitative estimate of drug-likeness (QED) is 0.124. The smallest absolute Gasteiger partial charge is 0.380 e. The molecular formula is C23H24N6O6S2. The Labute approximate surface area is 218 Å². The third-order valence-corrected chi connectivity index (χ3v) is 6.14. The highest BCUT2D eigenvalue weighted by molar-refractivity contribution is 7.90. The van der Waals surface area contributed by atoms with Gasteiger partial charge in [-0.3, -0.25) is 5.01 Å². The molecule has 0 bridgehead atoms. The van der Waals surface area contributed by atoms with Crippen LogP contribution in [-0.4, -0.2) is 23.3 Å². The van der Waals surface area contributed by atoms with E-state index in [-0.39, 0.29) is 5.75 Å². The van der Waals surface area contributed by atoms with Crippen LogP contribution in [0.2, 0.25) is 0 Å². The number of hydrogen-bond acceptors (Lipinski definition) is 11. The van der Waals surface area contributed by atoms with E-state index in [1.54, 1.807) is 42.5 Å². The topological polar surface area (TPSA) is 157 Å². The zero-order valence-corrected chi connectivity index (χ0v) is 21.4. The van der Waals surface area contributed by atoms with Crippen LogP contribution in [0.15, 0.2) is 79.4 Å². The first-order valence-electron chi connectivity index (χ1n) is 10.8. The summed E-state index contributed by atoms with van der Waals surface area (Å²) >= 11 is 0.589. The summed E-state index contributed by atoms with van der Waals surface area (Å²) in [6.45, 7) is 3.63. The maximum Gasteiger partial charge on any atom is 0.380 e. The third-order valence-electron chi connectivity index (χ3n) is 5.35. The first-order valence-corrected chi connectivity index (χ1v) is 12.9. The average Bonchev–Trinajstić information content (AvgIpc) is 3.39. The first kappa shape index (κ1) is 26.4. The van der Waals surface area contributed by atoms with Crippen molar-refractivity contribution >= 4 is 28.3 Å². The molecule has 14 heteroatoms. The summed E-state index contributed by atoms with van der Waals surface area (Å²) in [5.41, 5.74) is 3.98. The van der Waals surface area contributed by atoms with E-state index in [2.05, 4.69) is 19.5 Å². The molecule has 0 aliphatic heterocycles. The van der Waals surface area contributed by atoms with Crippen molar-refractivity contribution in [2.24, 2.45) is 11.0 Å². The van der Waals surface area contributed by atoms with Gasteiger partial charge in [0.15, 0.2) is 0 Å². The molecule has 0 aliphatic rings. The zero-order valence-electron chi connectivity index (χ0n) is 19.8. The van der Waals surface area contributed by atoms with Crippen LogP contribution in [0.25, 0.3) is 0 Å². The number of aryl methyl sites for hydroxylation is 2. The number of anilines is 1. The number of para-hydroxylation sites is 1. The van der Waals surface area contributed by atoms with Crippen molar-refractivity contribution in [2.45, 2.75) is 19.9 Å². The van der Waals surface area contributed by atoms with Crippen LogP contribution in [0, 0.1) is 13.8 Å². The Bertz CT molecular complexity index is 1440. The third kappa shape index (κ3) is 6.56. The maximum absolute atomic E-state index is 11.5. The highest BCUT2D eigenvalue weighted by atomic mass is 32.2. The fraction of sp³-hybridized carbons (Fsp3) is 0.130. The van der Waals surface area contributed by atoms with E-state index < -0.39 is 16.3 Å². The van der Waals surface area contributed by atoms with Gasteiger partial charge in [0, 0.05) is 0 Å². The first-order chi connectivity index (χ1) is 17.8. The van der Waals surface area contributed by atoms with Crippen LogP contribution < -0.4 is 24.4 Å². The Balaban J connectivity index is 1.85. The van der Waals surface area contributed by atoms with Gasteiger partial charge in [-0.05, 0) is 72.5 Å². The number of benzene rings is 3. The van der Waals surface area contributed by atoms with Crippen molar-refractivity contribution in [3.63, 3.8) is 0 Å². The summed E-state index contributed by atoms with van der Waals surface area (Å²) in [7, 11) is -4.17. The molecule has 4 N–H and O–H groups in total. The molecule has 0 saturated carbocycles. The van der Waals surface area contributed by atoms with Crippen LogP contribution >= 0.6 is 12.3 Å². The lowest BCUT2D eigenvalue weighted by Crippen LogP contribution is -2.34. The van der Waals surface area contributed by atoms with Crippen LogP contribution in [-0.2, 0) is 19.6 Å². The molecule has 0 aliphatic carbocycles. The molecule has 0 radical (unpaired) electrons. The molecule has 0 spiro atoms. The van der Waals surface area contributed by atoms with E-state index in [1.165, 1.54) is 0 Å². The van der Waals surface area contributed by atoms with Crippen LogP contribution in [0.3, 0.4) is 0 Å². The second-order valence-corrected chi connectivity index (χ2v) is 9.46. The molecule has 0 fully saturated rings. The van der Waals surface area contributed by atoms with Crippen molar-refractivity contribution in [3.8, 4) is 11.5 Å². The van der Waals surface area contributed by atoms with Crippen molar-refractivity contribution in [1.29, 1.82) is 0 Å². The van der Waals surface area contributed by atoms with Gasteiger partial charge >= 0.3 is 10.3 Å². The van der Waals surface area contributed by atoms with Crippen LogP contribution in [0.4, 0.5) is 5.69 Å². The van der Waals surface area contributed by atoms with E-state index in [1.807, 2.05) is 60.5 Å². The predicted molar refractivity (Wildman–Crippen MR) is 137 cm³/mol. The molecule has 1 atom stereocenters. The summed E-state index contributed by atoms with van der Waals surface area (Å²) in [6.07, 6.45) is 3.19. The van der Waals surface area contributed by atoms with Gasteiger partial charge in [-0.2, -0.15) is 19.5 Å². The van der Waals surface area contributed by atoms with Crippen molar-refractivity contribution in [1.82, 2.24) is 14.9 Å². The molecule has 194 valence electrons. The molecule has 4 aromatic rings. The highest BCUT2D eigenvalue weighted by Gasteiger charge is 2.26. The van der Waals surface area contributed by atoms with E-state index >= 15 is 0 Å². The minimum atomic E-state index is -4.17. The molecular weight excluding hydrogens is 520 g/mol. The summed E-state index contributed by atoms with van der Waals surface area (Å²) in [5, 5.41) is 15.1. The van der Waals surface area contributed by atoms with Gasteiger partial charge in [0.1, 0.15) is 30.2 Å².